The van der Waals surface area contributed by atoms with Crippen LogP contribution in [0, 0.1) is 0 Å². The highest BCUT2D eigenvalue weighted by Gasteiger charge is 2.11. The molecule has 5 nitrogen and oxygen atoms in total. The standard InChI is InChI=1S/C23H20ClNO4/c1-2-28-21-6-4-3-5-20(21)25-22(26)15-29-19-13-9-17(10-14-19)23(27)16-7-11-18(24)12-8-16/h3-14H,2,15H2,1H3,(H,25,26). The summed E-state index contributed by atoms with van der Waals surface area (Å²) in [4.78, 5) is 24.6. The number of amides is 1. The topological polar surface area (TPSA) is 64.6 Å². The summed E-state index contributed by atoms with van der Waals surface area (Å²) in [6.45, 7) is 2.22. The largest absolute Gasteiger partial charge is 0.492 e. The molecule has 1 amide bonds. The number of carbonyl (C=O) groups excluding carboxylic acids is 2. The van der Waals surface area contributed by atoms with Gasteiger partial charge in [-0.25, -0.2) is 0 Å². The van der Waals surface area contributed by atoms with Crippen molar-refractivity contribution in [1.82, 2.24) is 0 Å². The molecular formula is C23H20ClNO4. The van der Waals surface area contributed by atoms with Crippen LogP contribution in [-0.2, 0) is 4.79 Å². The predicted octanol–water partition coefficient (Wildman–Crippen LogP) is 4.99. The minimum Gasteiger partial charge on any atom is -0.492 e. The highest BCUT2D eigenvalue weighted by molar-refractivity contribution is 6.30. The van der Waals surface area contributed by atoms with E-state index in [2.05, 4.69) is 5.32 Å². The van der Waals surface area contributed by atoms with E-state index >= 15 is 0 Å². The highest BCUT2D eigenvalue weighted by Crippen LogP contribution is 2.23. The molecule has 3 aromatic rings. The monoisotopic (exact) mass is 409 g/mol. The average Bonchev–Trinajstić information content (AvgIpc) is 2.74. The molecule has 3 aromatic carbocycles. The number of halogens is 1. The Balaban J connectivity index is 1.57. The van der Waals surface area contributed by atoms with Gasteiger partial charge in [-0.2, -0.15) is 0 Å². The van der Waals surface area contributed by atoms with Crippen molar-refractivity contribution in [3.63, 3.8) is 0 Å². The van der Waals surface area contributed by atoms with E-state index in [0.29, 0.717) is 39.9 Å². The Morgan fingerprint density at radius 1 is 0.862 bits per heavy atom. The van der Waals surface area contributed by atoms with E-state index in [1.165, 1.54) is 0 Å². The minimum atomic E-state index is -0.307. The summed E-state index contributed by atoms with van der Waals surface area (Å²) in [5.74, 6) is 0.677. The number of para-hydroxylation sites is 2. The molecule has 0 aliphatic rings. The Hall–Kier alpha value is -3.31. The van der Waals surface area contributed by atoms with Crippen molar-refractivity contribution < 1.29 is 19.1 Å². The summed E-state index contributed by atoms with van der Waals surface area (Å²) < 4.78 is 11.0. The van der Waals surface area contributed by atoms with Crippen molar-refractivity contribution in [2.24, 2.45) is 0 Å². The molecule has 3 rings (SSSR count). The Morgan fingerprint density at radius 2 is 1.48 bits per heavy atom. The number of rotatable bonds is 8. The minimum absolute atomic E-state index is 0.113. The lowest BCUT2D eigenvalue weighted by Gasteiger charge is -2.12. The number of carbonyl (C=O) groups is 2. The molecule has 0 fully saturated rings. The van der Waals surface area contributed by atoms with Gasteiger partial charge >= 0.3 is 0 Å². The van der Waals surface area contributed by atoms with Gasteiger partial charge in [0, 0.05) is 16.1 Å². The Kier molecular flexibility index (Phi) is 6.87. The SMILES string of the molecule is CCOc1ccccc1NC(=O)COc1ccc(C(=O)c2ccc(Cl)cc2)cc1. The van der Waals surface area contributed by atoms with Crippen molar-refractivity contribution in [2.75, 3.05) is 18.5 Å². The molecule has 0 heterocycles. The van der Waals surface area contributed by atoms with Gasteiger partial charge in [-0.05, 0) is 67.6 Å². The van der Waals surface area contributed by atoms with Gasteiger partial charge in [0.15, 0.2) is 12.4 Å². The zero-order chi connectivity index (χ0) is 20.6. The number of hydrogen-bond donors (Lipinski definition) is 1. The van der Waals surface area contributed by atoms with Crippen molar-refractivity contribution in [3.8, 4) is 11.5 Å². The molecule has 0 aromatic heterocycles. The molecule has 0 spiro atoms. The molecular weight excluding hydrogens is 390 g/mol. The van der Waals surface area contributed by atoms with E-state index in [1.807, 2.05) is 19.1 Å². The van der Waals surface area contributed by atoms with Crippen LogP contribution in [0.15, 0.2) is 72.8 Å². The van der Waals surface area contributed by atoms with E-state index in [9.17, 15) is 9.59 Å². The van der Waals surface area contributed by atoms with E-state index in [-0.39, 0.29) is 18.3 Å². The molecule has 0 atom stereocenters. The second kappa shape index (κ2) is 9.75. The van der Waals surface area contributed by atoms with Gasteiger partial charge in [0.1, 0.15) is 11.5 Å². The average molecular weight is 410 g/mol. The summed E-state index contributed by atoms with van der Waals surface area (Å²) in [5.41, 5.74) is 1.66. The zero-order valence-corrected chi connectivity index (χ0v) is 16.6. The van der Waals surface area contributed by atoms with Gasteiger partial charge in [-0.3, -0.25) is 9.59 Å². The van der Waals surface area contributed by atoms with Gasteiger partial charge in [-0.1, -0.05) is 23.7 Å². The number of anilines is 1. The molecule has 0 unspecified atom stereocenters. The van der Waals surface area contributed by atoms with E-state index < -0.39 is 0 Å². The maximum absolute atomic E-state index is 12.5. The molecule has 0 saturated heterocycles. The second-order valence-corrected chi connectivity index (χ2v) is 6.56. The van der Waals surface area contributed by atoms with Crippen LogP contribution in [0.3, 0.4) is 0 Å². The number of ketones is 1. The third kappa shape index (κ3) is 5.59. The molecule has 0 aliphatic heterocycles. The van der Waals surface area contributed by atoms with Crippen molar-refractivity contribution in [1.29, 1.82) is 0 Å². The summed E-state index contributed by atoms with van der Waals surface area (Å²) in [6, 6.07) is 20.6. The summed E-state index contributed by atoms with van der Waals surface area (Å²) in [7, 11) is 0. The molecule has 6 heteroatoms. The van der Waals surface area contributed by atoms with Crippen molar-refractivity contribution in [2.45, 2.75) is 6.92 Å². The molecule has 0 aliphatic carbocycles. The van der Waals surface area contributed by atoms with Crippen LogP contribution in [0.2, 0.25) is 5.02 Å². The lowest BCUT2D eigenvalue weighted by molar-refractivity contribution is -0.118. The van der Waals surface area contributed by atoms with E-state index in [1.54, 1.807) is 60.7 Å². The third-order valence-corrected chi connectivity index (χ3v) is 4.31. The van der Waals surface area contributed by atoms with Gasteiger partial charge in [0.2, 0.25) is 0 Å². The first-order chi connectivity index (χ1) is 14.1. The number of nitrogens with one attached hydrogen (secondary N) is 1. The van der Waals surface area contributed by atoms with Crippen LogP contribution in [0.4, 0.5) is 5.69 Å². The first kappa shape index (κ1) is 20.4. The highest BCUT2D eigenvalue weighted by atomic mass is 35.5. The van der Waals surface area contributed by atoms with Crippen LogP contribution in [0.25, 0.3) is 0 Å². The molecule has 0 bridgehead atoms. The van der Waals surface area contributed by atoms with Crippen molar-refractivity contribution >= 4 is 29.0 Å². The van der Waals surface area contributed by atoms with Gasteiger partial charge in [-0.15, -0.1) is 0 Å². The Bertz CT molecular complexity index is 985. The Labute approximate surface area is 174 Å². The maximum Gasteiger partial charge on any atom is 0.262 e. The van der Waals surface area contributed by atoms with Crippen LogP contribution >= 0.6 is 11.6 Å². The summed E-state index contributed by atoms with van der Waals surface area (Å²) in [5, 5.41) is 3.34. The van der Waals surface area contributed by atoms with Gasteiger partial charge in [0.05, 0.1) is 12.3 Å². The van der Waals surface area contributed by atoms with Crippen LogP contribution in [-0.4, -0.2) is 24.9 Å². The molecule has 0 saturated carbocycles. The summed E-state index contributed by atoms with van der Waals surface area (Å²) in [6.07, 6.45) is 0. The maximum atomic E-state index is 12.5. The third-order valence-electron chi connectivity index (χ3n) is 4.05. The zero-order valence-electron chi connectivity index (χ0n) is 15.9. The fourth-order valence-corrected chi connectivity index (χ4v) is 2.78. The van der Waals surface area contributed by atoms with Gasteiger partial charge < -0.3 is 14.8 Å². The van der Waals surface area contributed by atoms with Crippen molar-refractivity contribution in [3.05, 3.63) is 88.9 Å². The quantitative estimate of drug-likeness (QED) is 0.532. The summed E-state index contributed by atoms with van der Waals surface area (Å²) >= 11 is 5.85. The predicted molar refractivity (Wildman–Crippen MR) is 113 cm³/mol. The first-order valence-corrected chi connectivity index (χ1v) is 9.49. The van der Waals surface area contributed by atoms with E-state index in [0.717, 1.165) is 0 Å². The second-order valence-electron chi connectivity index (χ2n) is 6.13. The van der Waals surface area contributed by atoms with Crippen LogP contribution in [0.1, 0.15) is 22.8 Å². The lowest BCUT2D eigenvalue weighted by Crippen LogP contribution is -2.20. The molecule has 0 radical (unpaired) electrons. The fraction of sp³-hybridized carbons (Fsp3) is 0.130. The Morgan fingerprint density at radius 3 is 2.14 bits per heavy atom. The smallest absolute Gasteiger partial charge is 0.262 e. The molecule has 29 heavy (non-hydrogen) atoms. The van der Waals surface area contributed by atoms with Crippen LogP contribution in [0.5, 0.6) is 11.5 Å². The normalized spacial score (nSPS) is 10.3. The number of benzene rings is 3. The van der Waals surface area contributed by atoms with E-state index in [4.69, 9.17) is 21.1 Å². The van der Waals surface area contributed by atoms with Gasteiger partial charge in [0.25, 0.3) is 5.91 Å². The van der Waals surface area contributed by atoms with Crippen LogP contribution < -0.4 is 14.8 Å². The fourth-order valence-electron chi connectivity index (χ4n) is 2.66. The lowest BCUT2D eigenvalue weighted by atomic mass is 10.0. The molecule has 1 N–H and O–H groups in total. The first-order valence-electron chi connectivity index (χ1n) is 9.11. The number of ether oxygens (including phenoxy) is 2. The molecule has 148 valence electrons. The number of hydrogen-bond acceptors (Lipinski definition) is 4.